The molecule has 2 aromatic heterocycles. The molecular weight excluding hydrogens is 382 g/mol. The molecule has 1 unspecified atom stereocenters. The van der Waals surface area contributed by atoms with Crippen LogP contribution in [-0.4, -0.2) is 37.4 Å². The summed E-state index contributed by atoms with van der Waals surface area (Å²) < 4.78 is 0. The SMILES string of the molecule is O=C(NC(c1ccccc1)c1nn[nH]n1)c1ccc(NC(=O)c2ccccn2)cc1. The maximum absolute atomic E-state index is 12.8. The zero-order valence-electron chi connectivity index (χ0n) is 15.7. The van der Waals surface area contributed by atoms with Crippen molar-refractivity contribution < 1.29 is 9.59 Å². The highest BCUT2D eigenvalue weighted by Crippen LogP contribution is 2.19. The predicted molar refractivity (Wildman–Crippen MR) is 109 cm³/mol. The highest BCUT2D eigenvalue weighted by atomic mass is 16.2. The van der Waals surface area contributed by atoms with Gasteiger partial charge < -0.3 is 10.6 Å². The molecule has 0 bridgehead atoms. The van der Waals surface area contributed by atoms with Gasteiger partial charge in [-0.25, -0.2) is 0 Å². The van der Waals surface area contributed by atoms with E-state index in [-0.39, 0.29) is 11.8 Å². The maximum atomic E-state index is 12.8. The molecule has 0 fully saturated rings. The minimum Gasteiger partial charge on any atom is -0.338 e. The Kier molecular flexibility index (Phi) is 5.52. The van der Waals surface area contributed by atoms with Gasteiger partial charge in [0.25, 0.3) is 11.8 Å². The van der Waals surface area contributed by atoms with E-state index in [1.54, 1.807) is 48.7 Å². The van der Waals surface area contributed by atoms with E-state index in [2.05, 4.69) is 36.2 Å². The number of nitrogens with one attached hydrogen (secondary N) is 3. The largest absolute Gasteiger partial charge is 0.338 e. The summed E-state index contributed by atoms with van der Waals surface area (Å²) in [5.74, 6) is -0.279. The molecule has 0 radical (unpaired) electrons. The van der Waals surface area contributed by atoms with E-state index in [9.17, 15) is 9.59 Å². The van der Waals surface area contributed by atoms with E-state index in [0.717, 1.165) is 5.56 Å². The van der Waals surface area contributed by atoms with Gasteiger partial charge in [0.15, 0.2) is 0 Å². The normalized spacial score (nSPS) is 11.5. The number of benzene rings is 2. The number of nitrogens with zero attached hydrogens (tertiary/aromatic N) is 4. The maximum Gasteiger partial charge on any atom is 0.274 e. The Morgan fingerprint density at radius 1 is 0.867 bits per heavy atom. The first-order valence-corrected chi connectivity index (χ1v) is 9.12. The van der Waals surface area contributed by atoms with E-state index in [0.29, 0.717) is 22.8 Å². The highest BCUT2D eigenvalue weighted by Gasteiger charge is 2.21. The summed E-state index contributed by atoms with van der Waals surface area (Å²) in [5, 5.41) is 19.6. The Balaban J connectivity index is 1.47. The lowest BCUT2D eigenvalue weighted by Gasteiger charge is -2.16. The number of carbonyl (C=O) groups is 2. The summed E-state index contributed by atoms with van der Waals surface area (Å²) in [5.41, 5.74) is 2.12. The zero-order chi connectivity index (χ0) is 20.8. The van der Waals surface area contributed by atoms with Gasteiger partial charge in [0.1, 0.15) is 11.7 Å². The van der Waals surface area contributed by atoms with Gasteiger partial charge >= 0.3 is 0 Å². The number of H-pyrrole nitrogens is 1. The number of aromatic nitrogens is 5. The molecule has 2 amide bonds. The number of hydrogen-bond acceptors (Lipinski definition) is 6. The van der Waals surface area contributed by atoms with E-state index < -0.39 is 6.04 Å². The van der Waals surface area contributed by atoms with Gasteiger partial charge in [-0.1, -0.05) is 41.6 Å². The lowest BCUT2D eigenvalue weighted by atomic mass is 10.1. The van der Waals surface area contributed by atoms with Crippen LogP contribution < -0.4 is 10.6 Å². The number of amides is 2. The molecule has 0 saturated carbocycles. The summed E-state index contributed by atoms with van der Waals surface area (Å²) in [6.45, 7) is 0. The van der Waals surface area contributed by atoms with Crippen molar-refractivity contribution in [3.63, 3.8) is 0 Å². The van der Waals surface area contributed by atoms with Crippen molar-refractivity contribution in [2.45, 2.75) is 6.04 Å². The van der Waals surface area contributed by atoms with E-state index in [1.807, 2.05) is 30.3 Å². The number of rotatable bonds is 6. The molecule has 0 spiro atoms. The molecule has 4 aromatic rings. The van der Waals surface area contributed by atoms with Crippen molar-refractivity contribution in [1.29, 1.82) is 0 Å². The molecule has 0 aliphatic heterocycles. The number of tetrazole rings is 1. The molecule has 9 nitrogen and oxygen atoms in total. The van der Waals surface area contributed by atoms with Crippen LogP contribution in [0.2, 0.25) is 0 Å². The molecule has 3 N–H and O–H groups in total. The van der Waals surface area contributed by atoms with Crippen molar-refractivity contribution in [1.82, 2.24) is 30.9 Å². The van der Waals surface area contributed by atoms with Gasteiger partial charge in [0, 0.05) is 17.4 Å². The number of carbonyl (C=O) groups excluding carboxylic acids is 2. The molecule has 148 valence electrons. The number of anilines is 1. The molecule has 30 heavy (non-hydrogen) atoms. The van der Waals surface area contributed by atoms with Gasteiger partial charge in [-0.05, 0) is 42.0 Å². The molecule has 1 atom stereocenters. The van der Waals surface area contributed by atoms with E-state index >= 15 is 0 Å². The van der Waals surface area contributed by atoms with Gasteiger partial charge in [-0.15, -0.1) is 10.2 Å². The van der Waals surface area contributed by atoms with E-state index in [1.165, 1.54) is 0 Å². The third kappa shape index (κ3) is 4.36. The summed E-state index contributed by atoms with van der Waals surface area (Å²) in [4.78, 5) is 29.0. The molecular formula is C21H17N7O2. The van der Waals surface area contributed by atoms with Crippen LogP contribution in [0.1, 0.15) is 38.3 Å². The molecule has 0 saturated heterocycles. The zero-order valence-corrected chi connectivity index (χ0v) is 15.7. The van der Waals surface area contributed by atoms with Crippen molar-refractivity contribution in [2.24, 2.45) is 0 Å². The molecule has 2 aromatic carbocycles. The number of hydrogen-bond donors (Lipinski definition) is 3. The summed E-state index contributed by atoms with van der Waals surface area (Å²) in [6.07, 6.45) is 1.55. The second-order valence-corrected chi connectivity index (χ2v) is 6.33. The fourth-order valence-electron chi connectivity index (χ4n) is 2.85. The first-order valence-electron chi connectivity index (χ1n) is 9.12. The van der Waals surface area contributed by atoms with Crippen molar-refractivity contribution in [3.8, 4) is 0 Å². The van der Waals surface area contributed by atoms with Crippen molar-refractivity contribution in [3.05, 3.63) is 102 Å². The van der Waals surface area contributed by atoms with Crippen LogP contribution in [0.5, 0.6) is 0 Å². The summed E-state index contributed by atoms with van der Waals surface area (Å²) in [6, 6.07) is 20.5. The third-order valence-electron chi connectivity index (χ3n) is 4.33. The topological polar surface area (TPSA) is 126 Å². The van der Waals surface area contributed by atoms with Gasteiger partial charge in [-0.2, -0.15) is 5.21 Å². The van der Waals surface area contributed by atoms with Gasteiger partial charge in [0.05, 0.1) is 0 Å². The van der Waals surface area contributed by atoms with Crippen molar-refractivity contribution >= 4 is 17.5 Å². The molecule has 0 aliphatic rings. The molecule has 4 rings (SSSR count). The smallest absolute Gasteiger partial charge is 0.274 e. The second-order valence-electron chi connectivity index (χ2n) is 6.33. The second kappa shape index (κ2) is 8.74. The fourth-order valence-corrected chi connectivity index (χ4v) is 2.85. The van der Waals surface area contributed by atoms with E-state index in [4.69, 9.17) is 0 Å². The minimum atomic E-state index is -0.555. The predicted octanol–water partition coefficient (Wildman–Crippen LogP) is 2.37. The third-order valence-corrected chi connectivity index (χ3v) is 4.33. The lowest BCUT2D eigenvalue weighted by molar-refractivity contribution is 0.0941. The molecule has 0 aliphatic carbocycles. The van der Waals surface area contributed by atoms with Gasteiger partial charge in [0.2, 0.25) is 5.82 Å². The van der Waals surface area contributed by atoms with Crippen LogP contribution >= 0.6 is 0 Å². The molecule has 9 heteroatoms. The first-order chi connectivity index (χ1) is 14.7. The standard InChI is InChI=1S/C21H17N7O2/c29-20(24-18(19-25-27-28-26-19)14-6-2-1-3-7-14)15-9-11-16(12-10-15)23-21(30)17-8-4-5-13-22-17/h1-13,18H,(H,23,30)(H,24,29)(H,25,26,27,28). The minimum absolute atomic E-state index is 0.309. The van der Waals surface area contributed by atoms with Crippen LogP contribution in [0, 0.1) is 0 Å². The quantitative estimate of drug-likeness (QED) is 0.457. The lowest BCUT2D eigenvalue weighted by Crippen LogP contribution is -2.30. The van der Waals surface area contributed by atoms with Crippen molar-refractivity contribution in [2.75, 3.05) is 5.32 Å². The Labute approximate surface area is 171 Å². The van der Waals surface area contributed by atoms with Gasteiger partial charge in [-0.3, -0.25) is 14.6 Å². The fraction of sp³-hybridized carbons (Fsp3) is 0.0476. The van der Waals surface area contributed by atoms with Crippen LogP contribution in [0.25, 0.3) is 0 Å². The highest BCUT2D eigenvalue weighted by molar-refractivity contribution is 6.03. The first kappa shape index (κ1) is 18.9. The monoisotopic (exact) mass is 399 g/mol. The Hall–Kier alpha value is -4.40. The number of pyridine rings is 1. The van der Waals surface area contributed by atoms with Crippen LogP contribution in [-0.2, 0) is 0 Å². The average molecular weight is 399 g/mol. The summed E-state index contributed by atoms with van der Waals surface area (Å²) >= 11 is 0. The van der Waals surface area contributed by atoms with Crippen LogP contribution in [0.15, 0.2) is 79.0 Å². The Bertz CT molecular complexity index is 1120. The average Bonchev–Trinajstić information content (AvgIpc) is 3.33. The van der Waals surface area contributed by atoms with Crippen LogP contribution in [0.4, 0.5) is 5.69 Å². The number of aromatic amines is 1. The Morgan fingerprint density at radius 2 is 1.63 bits per heavy atom. The van der Waals surface area contributed by atoms with Crippen LogP contribution in [0.3, 0.4) is 0 Å². The Morgan fingerprint density at radius 3 is 2.30 bits per heavy atom. The summed E-state index contributed by atoms with van der Waals surface area (Å²) in [7, 11) is 0. The molecule has 2 heterocycles.